The average Bonchev–Trinajstić information content (AvgIpc) is 2.80. The second kappa shape index (κ2) is 4.94. The van der Waals surface area contributed by atoms with E-state index in [1.807, 2.05) is 6.20 Å². The highest BCUT2D eigenvalue weighted by Crippen LogP contribution is 2.37. The van der Waals surface area contributed by atoms with Gasteiger partial charge in [0.15, 0.2) is 0 Å². The van der Waals surface area contributed by atoms with E-state index in [1.165, 1.54) is 24.0 Å². The third kappa shape index (κ3) is 2.46. The number of nitrogens with one attached hydrogen (secondary N) is 2. The zero-order valence-corrected chi connectivity index (χ0v) is 10.7. The van der Waals surface area contributed by atoms with E-state index < -0.39 is 0 Å². The van der Waals surface area contributed by atoms with Gasteiger partial charge in [-0.15, -0.1) is 0 Å². The molecule has 1 fully saturated rings. The first-order chi connectivity index (χ1) is 8.81. The van der Waals surface area contributed by atoms with Gasteiger partial charge >= 0.3 is 0 Å². The normalized spacial score (nSPS) is 22.7. The lowest BCUT2D eigenvalue weighted by Crippen LogP contribution is -2.39. The molecule has 2 N–H and O–H groups in total. The van der Waals surface area contributed by atoms with Crippen LogP contribution in [-0.4, -0.2) is 16.0 Å². The van der Waals surface area contributed by atoms with Gasteiger partial charge in [0.25, 0.3) is 0 Å². The minimum atomic E-state index is 0.652. The third-order valence-corrected chi connectivity index (χ3v) is 3.79. The zero-order valence-electron chi connectivity index (χ0n) is 10.7. The highest BCUT2D eigenvalue weighted by atomic mass is 15.0. The summed E-state index contributed by atoms with van der Waals surface area (Å²) in [5, 5.41) is 3.56. The number of aromatic nitrogens is 2. The van der Waals surface area contributed by atoms with Gasteiger partial charge in [0.2, 0.25) is 0 Å². The van der Waals surface area contributed by atoms with Crippen molar-refractivity contribution in [3.8, 4) is 0 Å². The number of nitrogens with zero attached hydrogens (tertiary/aromatic N) is 1. The van der Waals surface area contributed by atoms with Crippen LogP contribution >= 0.6 is 0 Å². The minimum Gasteiger partial charge on any atom is -0.347 e. The van der Waals surface area contributed by atoms with Crippen molar-refractivity contribution in [2.45, 2.75) is 38.3 Å². The number of H-pyrrole nitrogens is 1. The second-order valence-electron chi connectivity index (χ2n) is 5.24. The van der Waals surface area contributed by atoms with Gasteiger partial charge in [-0.25, -0.2) is 4.98 Å². The summed E-state index contributed by atoms with van der Waals surface area (Å²) < 4.78 is 0. The number of aromatic amines is 1. The van der Waals surface area contributed by atoms with E-state index in [0.29, 0.717) is 6.04 Å². The number of hydrogen-bond donors (Lipinski definition) is 2. The smallest absolute Gasteiger partial charge is 0.0922 e. The molecule has 3 rings (SSSR count). The van der Waals surface area contributed by atoms with E-state index in [0.717, 1.165) is 18.2 Å². The molecule has 0 saturated heterocycles. The Kier molecular flexibility index (Phi) is 3.15. The maximum absolute atomic E-state index is 4.02. The van der Waals surface area contributed by atoms with E-state index in [-0.39, 0.29) is 0 Å². The Hall–Kier alpha value is -1.61. The van der Waals surface area contributed by atoms with Crippen LogP contribution in [0.25, 0.3) is 0 Å². The van der Waals surface area contributed by atoms with Crippen molar-refractivity contribution in [1.29, 1.82) is 0 Å². The van der Waals surface area contributed by atoms with Gasteiger partial charge in [0.05, 0.1) is 6.33 Å². The first-order valence-electron chi connectivity index (χ1n) is 6.58. The maximum atomic E-state index is 4.02. The predicted octanol–water partition coefficient (Wildman–Crippen LogP) is 2.75. The SMILES string of the molecule is Cc1cccc(C2CC(NCc3cnc[nH]3)C2)c1. The quantitative estimate of drug-likeness (QED) is 0.864. The molecule has 0 aliphatic heterocycles. The largest absolute Gasteiger partial charge is 0.347 e. The summed E-state index contributed by atoms with van der Waals surface area (Å²) in [5.74, 6) is 0.740. The summed E-state index contributed by atoms with van der Waals surface area (Å²) in [6, 6.07) is 9.55. The molecule has 1 saturated carbocycles. The van der Waals surface area contributed by atoms with Gasteiger partial charge in [-0.2, -0.15) is 0 Å². The van der Waals surface area contributed by atoms with Crippen LogP contribution < -0.4 is 5.32 Å². The Morgan fingerprint density at radius 3 is 3.00 bits per heavy atom. The molecule has 1 aliphatic carbocycles. The summed E-state index contributed by atoms with van der Waals surface area (Å²) in [5.41, 5.74) is 4.02. The molecule has 2 aromatic rings. The van der Waals surface area contributed by atoms with Gasteiger partial charge in [0.1, 0.15) is 0 Å². The fourth-order valence-electron chi connectivity index (χ4n) is 2.62. The fraction of sp³-hybridized carbons (Fsp3) is 0.400. The third-order valence-electron chi connectivity index (χ3n) is 3.79. The molecule has 0 amide bonds. The highest BCUT2D eigenvalue weighted by molar-refractivity contribution is 5.27. The molecule has 1 heterocycles. The van der Waals surface area contributed by atoms with Gasteiger partial charge in [-0.3, -0.25) is 0 Å². The van der Waals surface area contributed by atoms with Crippen LogP contribution in [0.5, 0.6) is 0 Å². The van der Waals surface area contributed by atoms with Crippen LogP contribution in [0.4, 0.5) is 0 Å². The van der Waals surface area contributed by atoms with Crippen LogP contribution in [-0.2, 0) is 6.54 Å². The Morgan fingerprint density at radius 1 is 1.39 bits per heavy atom. The molecular weight excluding hydrogens is 222 g/mol. The molecule has 1 aromatic carbocycles. The first kappa shape index (κ1) is 11.5. The topological polar surface area (TPSA) is 40.7 Å². The van der Waals surface area contributed by atoms with Crippen LogP contribution in [0.15, 0.2) is 36.8 Å². The van der Waals surface area contributed by atoms with Crippen molar-refractivity contribution in [1.82, 2.24) is 15.3 Å². The molecule has 0 unspecified atom stereocenters. The molecule has 0 radical (unpaired) electrons. The predicted molar refractivity (Wildman–Crippen MR) is 72.4 cm³/mol. The number of imidazole rings is 1. The standard InChI is InChI=1S/C15H19N3/c1-11-3-2-4-12(5-11)13-6-14(7-13)17-9-15-8-16-10-18-15/h2-5,8,10,13-14,17H,6-7,9H2,1H3,(H,16,18). The monoisotopic (exact) mass is 241 g/mol. The molecule has 0 bridgehead atoms. The van der Waals surface area contributed by atoms with Gasteiger partial charge < -0.3 is 10.3 Å². The van der Waals surface area contributed by atoms with Gasteiger partial charge in [0, 0.05) is 24.5 Å². The maximum Gasteiger partial charge on any atom is 0.0922 e. The molecule has 0 spiro atoms. The van der Waals surface area contributed by atoms with Gasteiger partial charge in [-0.05, 0) is 31.2 Å². The Labute approximate surface area is 108 Å². The van der Waals surface area contributed by atoms with Crippen molar-refractivity contribution in [2.75, 3.05) is 0 Å². The van der Waals surface area contributed by atoms with E-state index in [9.17, 15) is 0 Å². The summed E-state index contributed by atoms with van der Waals surface area (Å²) in [6.07, 6.45) is 6.10. The minimum absolute atomic E-state index is 0.652. The Bertz CT molecular complexity index is 498. The highest BCUT2D eigenvalue weighted by Gasteiger charge is 2.29. The van der Waals surface area contributed by atoms with Crippen molar-refractivity contribution in [3.05, 3.63) is 53.6 Å². The molecular formula is C15H19N3. The fourth-order valence-corrected chi connectivity index (χ4v) is 2.62. The number of aryl methyl sites for hydroxylation is 1. The number of rotatable bonds is 4. The first-order valence-corrected chi connectivity index (χ1v) is 6.58. The molecule has 3 nitrogen and oxygen atoms in total. The number of hydrogen-bond acceptors (Lipinski definition) is 2. The Balaban J connectivity index is 1.48. The van der Waals surface area contributed by atoms with Crippen molar-refractivity contribution in [2.24, 2.45) is 0 Å². The van der Waals surface area contributed by atoms with Crippen molar-refractivity contribution in [3.63, 3.8) is 0 Å². The van der Waals surface area contributed by atoms with E-state index >= 15 is 0 Å². The van der Waals surface area contributed by atoms with Crippen LogP contribution in [0, 0.1) is 6.92 Å². The molecule has 0 atom stereocenters. The molecule has 18 heavy (non-hydrogen) atoms. The lowest BCUT2D eigenvalue weighted by molar-refractivity contribution is 0.288. The second-order valence-corrected chi connectivity index (χ2v) is 5.24. The molecule has 94 valence electrons. The molecule has 3 heteroatoms. The zero-order chi connectivity index (χ0) is 12.4. The van der Waals surface area contributed by atoms with Crippen LogP contribution in [0.2, 0.25) is 0 Å². The Morgan fingerprint density at radius 2 is 2.28 bits per heavy atom. The van der Waals surface area contributed by atoms with E-state index in [2.05, 4.69) is 46.5 Å². The van der Waals surface area contributed by atoms with E-state index in [1.54, 1.807) is 6.33 Å². The summed E-state index contributed by atoms with van der Waals surface area (Å²) in [4.78, 5) is 7.14. The summed E-state index contributed by atoms with van der Waals surface area (Å²) in [6.45, 7) is 3.06. The summed E-state index contributed by atoms with van der Waals surface area (Å²) in [7, 11) is 0. The molecule has 1 aromatic heterocycles. The van der Waals surface area contributed by atoms with Crippen molar-refractivity contribution < 1.29 is 0 Å². The van der Waals surface area contributed by atoms with Crippen molar-refractivity contribution >= 4 is 0 Å². The van der Waals surface area contributed by atoms with Crippen LogP contribution in [0.1, 0.15) is 35.6 Å². The van der Waals surface area contributed by atoms with E-state index in [4.69, 9.17) is 0 Å². The lowest BCUT2D eigenvalue weighted by atomic mass is 9.75. The van der Waals surface area contributed by atoms with Gasteiger partial charge in [-0.1, -0.05) is 29.8 Å². The lowest BCUT2D eigenvalue weighted by Gasteiger charge is -2.36. The average molecular weight is 241 g/mol. The number of benzene rings is 1. The molecule has 1 aliphatic rings. The van der Waals surface area contributed by atoms with Crippen LogP contribution in [0.3, 0.4) is 0 Å². The summed E-state index contributed by atoms with van der Waals surface area (Å²) >= 11 is 0.